The van der Waals surface area contributed by atoms with Crippen molar-refractivity contribution in [2.24, 2.45) is 0 Å². The highest BCUT2D eigenvalue weighted by Gasteiger charge is 2.17. The summed E-state index contributed by atoms with van der Waals surface area (Å²) in [5, 5.41) is 12.2. The summed E-state index contributed by atoms with van der Waals surface area (Å²) in [6.45, 7) is 6.84. The maximum Gasteiger partial charge on any atom is 0.340 e. The van der Waals surface area contributed by atoms with E-state index in [0.29, 0.717) is 18.8 Å². The number of anilines is 2. The molecule has 0 aliphatic rings. The second-order valence-electron chi connectivity index (χ2n) is 6.77. The van der Waals surface area contributed by atoms with Crippen LogP contribution in [-0.2, 0) is 9.53 Å². The molecule has 0 radical (unpaired) electrons. The molecule has 0 aliphatic carbocycles. The maximum atomic E-state index is 12.7. The van der Waals surface area contributed by atoms with E-state index in [4.69, 9.17) is 4.74 Å². The van der Waals surface area contributed by atoms with E-state index in [1.165, 1.54) is 6.20 Å². The van der Waals surface area contributed by atoms with Crippen molar-refractivity contribution in [2.45, 2.75) is 33.6 Å². The molecule has 6 nitrogen and oxygen atoms in total. The third kappa shape index (κ3) is 6.21. The van der Waals surface area contributed by atoms with Gasteiger partial charge < -0.3 is 15.0 Å². The molecule has 2 aromatic rings. The van der Waals surface area contributed by atoms with Crippen molar-refractivity contribution in [1.82, 2.24) is 0 Å². The average Bonchev–Trinajstić information content (AvgIpc) is 2.75. The molecule has 0 heterocycles. The van der Waals surface area contributed by atoms with Gasteiger partial charge in [0, 0.05) is 18.4 Å². The lowest BCUT2D eigenvalue weighted by Crippen LogP contribution is -2.21. The molecule has 0 saturated carbocycles. The van der Waals surface area contributed by atoms with Crippen LogP contribution in [-0.4, -0.2) is 25.0 Å². The van der Waals surface area contributed by atoms with Gasteiger partial charge in [0.25, 0.3) is 5.91 Å². The number of nitrogens with zero attached hydrogens (tertiary/aromatic N) is 2. The molecule has 0 bridgehead atoms. The largest absolute Gasteiger partial charge is 0.462 e. The van der Waals surface area contributed by atoms with Crippen LogP contribution in [0.4, 0.5) is 11.4 Å². The molecule has 0 spiro atoms. The second kappa shape index (κ2) is 11.4. The van der Waals surface area contributed by atoms with Crippen LogP contribution < -0.4 is 10.2 Å². The van der Waals surface area contributed by atoms with Gasteiger partial charge in [-0.2, -0.15) is 5.26 Å². The number of hydrogen-bond acceptors (Lipinski definition) is 5. The van der Waals surface area contributed by atoms with E-state index in [1.807, 2.05) is 56.0 Å². The fourth-order valence-electron chi connectivity index (χ4n) is 2.80. The van der Waals surface area contributed by atoms with Crippen molar-refractivity contribution in [1.29, 1.82) is 5.26 Å². The Morgan fingerprint density at radius 2 is 1.93 bits per heavy atom. The van der Waals surface area contributed by atoms with Crippen molar-refractivity contribution >= 4 is 23.3 Å². The molecule has 0 unspecified atom stereocenters. The number of benzene rings is 2. The molecule has 2 rings (SSSR count). The quantitative estimate of drug-likeness (QED) is 0.280. The number of para-hydroxylation sites is 1. The van der Waals surface area contributed by atoms with Gasteiger partial charge in [-0.1, -0.05) is 37.6 Å². The SMILES string of the molecule is CCCCOC(=O)c1ccccc1NC(=O)/C(C#N)=C\N(CC)c1cccc(C)c1. The van der Waals surface area contributed by atoms with Crippen LogP contribution in [0.3, 0.4) is 0 Å². The molecule has 1 amide bonds. The lowest BCUT2D eigenvalue weighted by molar-refractivity contribution is -0.112. The van der Waals surface area contributed by atoms with E-state index >= 15 is 0 Å². The van der Waals surface area contributed by atoms with Gasteiger partial charge in [-0.15, -0.1) is 0 Å². The number of nitrogens with one attached hydrogen (secondary N) is 1. The molecule has 2 aromatic carbocycles. The molecule has 0 aromatic heterocycles. The summed E-state index contributed by atoms with van der Waals surface area (Å²) in [6, 6.07) is 16.4. The van der Waals surface area contributed by atoms with E-state index in [2.05, 4.69) is 5.32 Å². The smallest absolute Gasteiger partial charge is 0.340 e. The Morgan fingerprint density at radius 1 is 1.17 bits per heavy atom. The molecular formula is C24H27N3O3. The summed E-state index contributed by atoms with van der Waals surface area (Å²) in [5.41, 5.74) is 2.47. The van der Waals surface area contributed by atoms with Crippen LogP contribution >= 0.6 is 0 Å². The third-order valence-electron chi connectivity index (χ3n) is 4.45. The van der Waals surface area contributed by atoms with Gasteiger partial charge in [-0.05, 0) is 50.1 Å². The Kier molecular flexibility index (Phi) is 8.64. The van der Waals surface area contributed by atoms with Crippen molar-refractivity contribution < 1.29 is 14.3 Å². The number of ether oxygens (including phenoxy) is 1. The van der Waals surface area contributed by atoms with Crippen molar-refractivity contribution in [2.75, 3.05) is 23.4 Å². The van der Waals surface area contributed by atoms with Crippen molar-refractivity contribution in [3.63, 3.8) is 0 Å². The van der Waals surface area contributed by atoms with Crippen LogP contribution in [0.25, 0.3) is 0 Å². The van der Waals surface area contributed by atoms with Gasteiger partial charge in [0.2, 0.25) is 0 Å². The molecule has 0 saturated heterocycles. The van der Waals surface area contributed by atoms with Crippen LogP contribution in [0.1, 0.15) is 42.6 Å². The standard InChI is InChI=1S/C24H27N3O3/c1-4-6-14-30-24(29)21-12-7-8-13-22(21)26-23(28)19(16-25)17-27(5-2)20-11-9-10-18(3)15-20/h7-13,15,17H,4-6,14H2,1-3H3,(H,26,28)/b19-17-. The topological polar surface area (TPSA) is 82.4 Å². The van der Waals surface area contributed by atoms with Crippen LogP contribution in [0.5, 0.6) is 0 Å². The zero-order chi connectivity index (χ0) is 21.9. The maximum absolute atomic E-state index is 12.7. The number of nitriles is 1. The van der Waals surface area contributed by atoms with Gasteiger partial charge in [-0.25, -0.2) is 4.79 Å². The van der Waals surface area contributed by atoms with E-state index in [0.717, 1.165) is 24.1 Å². The fraction of sp³-hybridized carbons (Fsp3) is 0.292. The number of carbonyl (C=O) groups is 2. The molecule has 0 fully saturated rings. The Balaban J connectivity index is 2.22. The fourth-order valence-corrected chi connectivity index (χ4v) is 2.80. The number of carbonyl (C=O) groups excluding carboxylic acids is 2. The Morgan fingerprint density at radius 3 is 2.60 bits per heavy atom. The summed E-state index contributed by atoms with van der Waals surface area (Å²) in [4.78, 5) is 26.9. The molecule has 6 heteroatoms. The summed E-state index contributed by atoms with van der Waals surface area (Å²) in [6.07, 6.45) is 3.20. The highest BCUT2D eigenvalue weighted by atomic mass is 16.5. The van der Waals surface area contributed by atoms with E-state index in [-0.39, 0.29) is 11.1 Å². The molecule has 30 heavy (non-hydrogen) atoms. The highest BCUT2D eigenvalue weighted by Crippen LogP contribution is 2.20. The first-order valence-corrected chi connectivity index (χ1v) is 10.0. The van der Waals surface area contributed by atoms with Gasteiger partial charge in [0.05, 0.1) is 17.9 Å². The van der Waals surface area contributed by atoms with E-state index < -0.39 is 11.9 Å². The van der Waals surface area contributed by atoms with E-state index in [1.54, 1.807) is 24.3 Å². The number of unbranched alkanes of at least 4 members (excludes halogenated alkanes) is 1. The zero-order valence-electron chi connectivity index (χ0n) is 17.6. The molecule has 156 valence electrons. The predicted octanol–water partition coefficient (Wildman–Crippen LogP) is 4.82. The minimum atomic E-state index is -0.586. The van der Waals surface area contributed by atoms with Crippen LogP contribution in [0.2, 0.25) is 0 Å². The normalized spacial score (nSPS) is 10.8. The monoisotopic (exact) mass is 405 g/mol. The summed E-state index contributed by atoms with van der Waals surface area (Å²) >= 11 is 0. The second-order valence-corrected chi connectivity index (χ2v) is 6.77. The van der Waals surface area contributed by atoms with Gasteiger partial charge in [-0.3, -0.25) is 4.79 Å². The number of aryl methyl sites for hydroxylation is 1. The minimum Gasteiger partial charge on any atom is -0.462 e. The summed E-state index contributed by atoms with van der Waals surface area (Å²) in [7, 11) is 0. The summed E-state index contributed by atoms with van der Waals surface area (Å²) < 4.78 is 5.25. The lowest BCUT2D eigenvalue weighted by Gasteiger charge is -2.19. The number of hydrogen-bond donors (Lipinski definition) is 1. The first kappa shape index (κ1) is 22.7. The van der Waals surface area contributed by atoms with Gasteiger partial charge in [0.1, 0.15) is 11.6 Å². The third-order valence-corrected chi connectivity index (χ3v) is 4.45. The Hall–Kier alpha value is -3.59. The van der Waals surface area contributed by atoms with Crippen molar-refractivity contribution in [3.8, 4) is 6.07 Å². The molecule has 0 aliphatic heterocycles. The van der Waals surface area contributed by atoms with Gasteiger partial charge in [0.15, 0.2) is 0 Å². The Bertz CT molecular complexity index is 960. The Labute approximate surface area is 177 Å². The van der Waals surface area contributed by atoms with Gasteiger partial charge >= 0.3 is 5.97 Å². The predicted molar refractivity (Wildman–Crippen MR) is 118 cm³/mol. The minimum absolute atomic E-state index is 0.0625. The van der Waals surface area contributed by atoms with Crippen LogP contribution in [0.15, 0.2) is 60.3 Å². The first-order valence-electron chi connectivity index (χ1n) is 10.0. The first-order chi connectivity index (χ1) is 14.5. The molecular weight excluding hydrogens is 378 g/mol. The number of amides is 1. The highest BCUT2D eigenvalue weighted by molar-refractivity contribution is 6.09. The van der Waals surface area contributed by atoms with Crippen LogP contribution in [0, 0.1) is 18.3 Å². The number of esters is 1. The summed E-state index contributed by atoms with van der Waals surface area (Å²) in [5.74, 6) is -1.09. The zero-order valence-corrected chi connectivity index (χ0v) is 17.6. The molecule has 0 atom stereocenters. The van der Waals surface area contributed by atoms with Crippen molar-refractivity contribution in [3.05, 3.63) is 71.4 Å². The molecule has 1 N–H and O–H groups in total. The average molecular weight is 405 g/mol. The number of rotatable bonds is 9. The lowest BCUT2D eigenvalue weighted by atomic mass is 10.1. The van der Waals surface area contributed by atoms with E-state index in [9.17, 15) is 14.9 Å².